The Hall–Kier alpha value is -5.84. The van der Waals surface area contributed by atoms with Crippen LogP contribution in [0.4, 0.5) is 17.1 Å². The Labute approximate surface area is 268 Å². The van der Waals surface area contributed by atoms with Crippen LogP contribution in [0, 0.1) is 0 Å². The van der Waals surface area contributed by atoms with Gasteiger partial charge in [0.2, 0.25) is 0 Å². The van der Waals surface area contributed by atoms with Gasteiger partial charge in [-0.2, -0.15) is 0 Å². The van der Waals surface area contributed by atoms with Crippen LogP contribution >= 0.6 is 11.3 Å². The zero-order valence-electron chi connectivity index (χ0n) is 24.6. The zero-order chi connectivity index (χ0) is 30.2. The summed E-state index contributed by atoms with van der Waals surface area (Å²) in [7, 11) is 0. The molecule has 0 bridgehead atoms. The van der Waals surface area contributed by atoms with Gasteiger partial charge >= 0.3 is 0 Å². The average Bonchev–Trinajstić information content (AvgIpc) is 3.81. The van der Waals surface area contributed by atoms with E-state index in [9.17, 15) is 0 Å². The highest BCUT2D eigenvalue weighted by atomic mass is 32.1. The number of thiophene rings is 1. The van der Waals surface area contributed by atoms with Gasteiger partial charge < -0.3 is 13.7 Å². The van der Waals surface area contributed by atoms with Crippen LogP contribution in [-0.2, 0) is 0 Å². The molecule has 0 aliphatic rings. The normalized spacial score (nSPS) is 11.9. The smallest absolute Gasteiger partial charge is 0.159 e. The average molecular weight is 608 g/mol. The first kappa shape index (κ1) is 25.5. The molecule has 0 spiro atoms. The standard InChI is InChI=1S/C42H25NO2S/c1-4-19-37-29(10-1)32-14-8-17-35(40(32)44-37)43(36-18-9-15-33-30-11-2-5-20-38(30)45-41(33)36)27-24-22-26(23-25-27)28-13-7-16-34-31-12-3-6-21-39(31)46-42(28)34/h1-25H. The number of benzene rings is 7. The lowest BCUT2D eigenvalue weighted by Crippen LogP contribution is -2.10. The molecule has 7 aromatic carbocycles. The van der Waals surface area contributed by atoms with Crippen molar-refractivity contribution in [1.82, 2.24) is 0 Å². The summed E-state index contributed by atoms with van der Waals surface area (Å²) in [5.74, 6) is 0. The monoisotopic (exact) mass is 607 g/mol. The maximum Gasteiger partial charge on any atom is 0.159 e. The number of para-hydroxylation sites is 4. The highest BCUT2D eigenvalue weighted by Gasteiger charge is 2.23. The van der Waals surface area contributed by atoms with Crippen LogP contribution in [-0.4, -0.2) is 0 Å². The molecule has 216 valence electrons. The summed E-state index contributed by atoms with van der Waals surface area (Å²) < 4.78 is 15.8. The van der Waals surface area contributed by atoms with Gasteiger partial charge in [0.15, 0.2) is 11.2 Å². The second-order valence-corrected chi connectivity index (χ2v) is 12.7. The molecule has 0 atom stereocenters. The van der Waals surface area contributed by atoms with Crippen molar-refractivity contribution < 1.29 is 8.83 Å². The molecule has 0 saturated heterocycles. The largest absolute Gasteiger partial charge is 0.454 e. The van der Waals surface area contributed by atoms with Crippen molar-refractivity contribution in [2.45, 2.75) is 0 Å². The first-order valence-corrected chi connectivity index (χ1v) is 16.2. The lowest BCUT2D eigenvalue weighted by molar-refractivity contribution is 0.666. The molecular formula is C42H25NO2S. The van der Waals surface area contributed by atoms with Crippen LogP contribution in [0.25, 0.3) is 75.2 Å². The van der Waals surface area contributed by atoms with Gasteiger partial charge in [-0.1, -0.05) is 109 Å². The quantitative estimate of drug-likeness (QED) is 0.199. The van der Waals surface area contributed by atoms with E-state index in [4.69, 9.17) is 8.83 Å². The van der Waals surface area contributed by atoms with Crippen molar-refractivity contribution in [3.05, 3.63) is 152 Å². The Morgan fingerprint density at radius 1 is 0.413 bits per heavy atom. The lowest BCUT2D eigenvalue weighted by atomic mass is 10.0. The van der Waals surface area contributed by atoms with Gasteiger partial charge in [0.05, 0.1) is 11.4 Å². The summed E-state index contributed by atoms with van der Waals surface area (Å²) in [5, 5.41) is 6.99. The minimum absolute atomic E-state index is 0.843. The van der Waals surface area contributed by atoms with Crippen molar-refractivity contribution in [3.63, 3.8) is 0 Å². The molecule has 0 aliphatic heterocycles. The molecular weight excluding hydrogens is 583 g/mol. The van der Waals surface area contributed by atoms with Gasteiger partial charge in [-0.15, -0.1) is 11.3 Å². The molecule has 3 nitrogen and oxygen atoms in total. The number of hydrogen-bond acceptors (Lipinski definition) is 4. The molecule has 0 saturated carbocycles. The van der Waals surface area contributed by atoms with E-state index in [0.29, 0.717) is 0 Å². The van der Waals surface area contributed by atoms with E-state index in [-0.39, 0.29) is 0 Å². The van der Waals surface area contributed by atoms with Crippen LogP contribution in [0.15, 0.2) is 160 Å². The van der Waals surface area contributed by atoms with E-state index >= 15 is 0 Å². The molecule has 10 rings (SSSR count). The summed E-state index contributed by atoms with van der Waals surface area (Å²) in [6, 6.07) is 53.5. The Morgan fingerprint density at radius 3 is 1.59 bits per heavy atom. The molecule has 10 aromatic rings. The minimum Gasteiger partial charge on any atom is -0.454 e. The lowest BCUT2D eigenvalue weighted by Gasteiger charge is -2.25. The SMILES string of the molecule is c1ccc2c(c1)oc1c(N(c3ccc(-c4cccc5c4sc4ccccc45)cc3)c3cccc4c3oc3ccccc34)cccc12. The van der Waals surface area contributed by atoms with E-state index in [1.807, 2.05) is 35.6 Å². The Balaban J connectivity index is 1.20. The fourth-order valence-corrected chi connectivity index (χ4v) is 8.23. The number of furan rings is 2. The summed E-state index contributed by atoms with van der Waals surface area (Å²) >= 11 is 1.86. The molecule has 46 heavy (non-hydrogen) atoms. The predicted octanol–water partition coefficient (Wildman–Crippen LogP) is 13.0. The van der Waals surface area contributed by atoms with Crippen molar-refractivity contribution in [3.8, 4) is 11.1 Å². The molecule has 0 N–H and O–H groups in total. The predicted molar refractivity (Wildman–Crippen MR) is 194 cm³/mol. The summed E-state index contributed by atoms with van der Waals surface area (Å²) in [4.78, 5) is 2.28. The highest BCUT2D eigenvalue weighted by Crippen LogP contribution is 2.46. The van der Waals surface area contributed by atoms with Gasteiger partial charge in [0.1, 0.15) is 11.2 Å². The Bertz CT molecular complexity index is 2650. The second-order valence-electron chi connectivity index (χ2n) is 11.7. The molecule has 0 amide bonds. The molecule has 0 radical (unpaired) electrons. The topological polar surface area (TPSA) is 29.5 Å². The number of rotatable bonds is 4. The van der Waals surface area contributed by atoms with Gasteiger partial charge in [-0.05, 0) is 53.6 Å². The molecule has 0 unspecified atom stereocenters. The third-order valence-electron chi connectivity index (χ3n) is 9.09. The Morgan fingerprint density at radius 2 is 0.935 bits per heavy atom. The maximum atomic E-state index is 6.58. The van der Waals surface area contributed by atoms with Crippen LogP contribution in [0.3, 0.4) is 0 Å². The molecule has 3 aromatic heterocycles. The van der Waals surface area contributed by atoms with Crippen molar-refractivity contribution in [1.29, 1.82) is 0 Å². The second kappa shape index (κ2) is 9.83. The number of anilines is 3. The van der Waals surface area contributed by atoms with E-state index in [0.717, 1.165) is 60.9 Å². The zero-order valence-corrected chi connectivity index (χ0v) is 25.4. The third kappa shape index (κ3) is 3.71. The van der Waals surface area contributed by atoms with Crippen LogP contribution < -0.4 is 4.90 Å². The summed E-state index contributed by atoms with van der Waals surface area (Å²) in [6.07, 6.45) is 0. The fourth-order valence-electron chi connectivity index (χ4n) is 6.99. The number of nitrogens with zero attached hydrogens (tertiary/aromatic N) is 1. The van der Waals surface area contributed by atoms with E-state index in [2.05, 4.69) is 132 Å². The van der Waals surface area contributed by atoms with Crippen molar-refractivity contribution >= 4 is 92.4 Å². The van der Waals surface area contributed by atoms with E-state index in [1.54, 1.807) is 0 Å². The minimum atomic E-state index is 0.843. The van der Waals surface area contributed by atoms with Gasteiger partial charge in [0.25, 0.3) is 0 Å². The molecule has 4 heteroatoms. The van der Waals surface area contributed by atoms with Crippen LogP contribution in [0.1, 0.15) is 0 Å². The molecule has 3 heterocycles. The summed E-state index contributed by atoms with van der Waals surface area (Å²) in [5.41, 5.74) is 8.81. The Kier molecular flexibility index (Phi) is 5.45. The van der Waals surface area contributed by atoms with Gasteiger partial charge in [0, 0.05) is 47.4 Å². The third-order valence-corrected chi connectivity index (χ3v) is 10.3. The molecule has 0 fully saturated rings. The van der Waals surface area contributed by atoms with Gasteiger partial charge in [-0.25, -0.2) is 0 Å². The van der Waals surface area contributed by atoms with E-state index < -0.39 is 0 Å². The van der Waals surface area contributed by atoms with Crippen LogP contribution in [0.2, 0.25) is 0 Å². The summed E-state index contributed by atoms with van der Waals surface area (Å²) in [6.45, 7) is 0. The van der Waals surface area contributed by atoms with Crippen molar-refractivity contribution in [2.75, 3.05) is 4.90 Å². The first-order chi connectivity index (χ1) is 22.8. The first-order valence-electron chi connectivity index (χ1n) is 15.4. The fraction of sp³-hybridized carbons (Fsp3) is 0. The maximum absolute atomic E-state index is 6.58. The number of fused-ring (bicyclic) bond motifs is 9. The highest BCUT2D eigenvalue weighted by molar-refractivity contribution is 7.26. The molecule has 0 aliphatic carbocycles. The number of hydrogen-bond donors (Lipinski definition) is 0. The van der Waals surface area contributed by atoms with E-state index in [1.165, 1.54) is 31.3 Å². The van der Waals surface area contributed by atoms with Crippen LogP contribution in [0.5, 0.6) is 0 Å². The van der Waals surface area contributed by atoms with Crippen molar-refractivity contribution in [2.24, 2.45) is 0 Å². The van der Waals surface area contributed by atoms with Gasteiger partial charge in [-0.3, -0.25) is 0 Å².